The minimum absolute atomic E-state index is 0.538. The van der Waals surface area contributed by atoms with E-state index in [9.17, 15) is 0 Å². The molecular formula is C18H26N4. The first-order valence-corrected chi connectivity index (χ1v) is 8.28. The fourth-order valence-electron chi connectivity index (χ4n) is 3.53. The number of nitrogens with zero attached hydrogens (tertiary/aromatic N) is 4. The molecule has 4 nitrogen and oxygen atoms in total. The smallest absolute Gasteiger partial charge is 0.0596 e. The normalized spacial score (nSPS) is 18.5. The Balaban J connectivity index is 1.56. The van der Waals surface area contributed by atoms with Gasteiger partial charge in [0.05, 0.1) is 12.2 Å². The average Bonchev–Trinajstić information content (AvgIpc) is 2.86. The largest absolute Gasteiger partial charge is 0.299 e. The molecule has 3 rings (SSSR count). The minimum Gasteiger partial charge on any atom is -0.299 e. The van der Waals surface area contributed by atoms with Crippen LogP contribution in [-0.4, -0.2) is 38.8 Å². The highest BCUT2D eigenvalue weighted by Crippen LogP contribution is 2.28. The summed E-state index contributed by atoms with van der Waals surface area (Å²) in [4.78, 5) is 6.73. The molecule has 2 aromatic rings. The maximum absolute atomic E-state index is 4.59. The van der Waals surface area contributed by atoms with Gasteiger partial charge in [-0.2, -0.15) is 5.10 Å². The van der Waals surface area contributed by atoms with Crippen LogP contribution in [0.3, 0.4) is 0 Å². The van der Waals surface area contributed by atoms with Crippen LogP contribution in [0, 0.1) is 13.8 Å². The number of hydrogen-bond acceptors (Lipinski definition) is 3. The summed E-state index contributed by atoms with van der Waals surface area (Å²) < 4.78 is 2.15. The zero-order valence-corrected chi connectivity index (χ0v) is 13.9. The Morgan fingerprint density at radius 1 is 1.18 bits per heavy atom. The molecule has 1 saturated heterocycles. The molecule has 0 bridgehead atoms. The molecule has 118 valence electrons. The van der Waals surface area contributed by atoms with Crippen LogP contribution in [0.25, 0.3) is 0 Å². The van der Waals surface area contributed by atoms with Gasteiger partial charge < -0.3 is 0 Å². The molecule has 0 N–H and O–H groups in total. The van der Waals surface area contributed by atoms with Crippen LogP contribution in [0.5, 0.6) is 0 Å². The van der Waals surface area contributed by atoms with Crippen LogP contribution in [0.4, 0.5) is 0 Å². The molecule has 0 amide bonds. The molecule has 1 unspecified atom stereocenters. The van der Waals surface area contributed by atoms with E-state index in [0.717, 1.165) is 12.2 Å². The van der Waals surface area contributed by atoms with Gasteiger partial charge in [-0.1, -0.05) is 0 Å². The third-order valence-corrected chi connectivity index (χ3v) is 4.87. The molecule has 0 aliphatic carbocycles. The quantitative estimate of drug-likeness (QED) is 0.869. The Hall–Kier alpha value is -1.68. The molecule has 0 saturated carbocycles. The standard InChI is InChI=1S/C18H26N4/c1-14-12-15(2)22(20-14)13-16(3)21-10-6-18(7-11-21)17-4-8-19-9-5-17/h4-5,8-9,12,16,18H,6-7,10-11,13H2,1-3H3. The molecule has 0 radical (unpaired) electrons. The summed E-state index contributed by atoms with van der Waals surface area (Å²) in [6, 6.07) is 7.03. The molecule has 1 fully saturated rings. The third kappa shape index (κ3) is 3.38. The first-order chi connectivity index (χ1) is 10.6. The van der Waals surface area contributed by atoms with E-state index in [1.165, 1.54) is 37.2 Å². The van der Waals surface area contributed by atoms with Crippen LogP contribution in [0.15, 0.2) is 30.6 Å². The Bertz CT molecular complexity index is 597. The van der Waals surface area contributed by atoms with E-state index in [4.69, 9.17) is 0 Å². The van der Waals surface area contributed by atoms with Crippen LogP contribution in [-0.2, 0) is 6.54 Å². The van der Waals surface area contributed by atoms with E-state index in [0.29, 0.717) is 12.0 Å². The second-order valence-electron chi connectivity index (χ2n) is 6.55. The lowest BCUT2D eigenvalue weighted by molar-refractivity contribution is 0.145. The van der Waals surface area contributed by atoms with Gasteiger partial charge in [0.15, 0.2) is 0 Å². The predicted molar refractivity (Wildman–Crippen MR) is 88.9 cm³/mol. The number of piperidine rings is 1. The van der Waals surface area contributed by atoms with E-state index in [2.05, 4.69) is 58.6 Å². The molecule has 0 aromatic carbocycles. The Labute approximate surface area is 133 Å². The van der Waals surface area contributed by atoms with Gasteiger partial charge in [0.2, 0.25) is 0 Å². The Kier molecular flexibility index (Phi) is 4.57. The zero-order valence-electron chi connectivity index (χ0n) is 13.9. The van der Waals surface area contributed by atoms with Gasteiger partial charge in [0, 0.05) is 24.1 Å². The van der Waals surface area contributed by atoms with Gasteiger partial charge in [0.1, 0.15) is 0 Å². The SMILES string of the molecule is Cc1cc(C)n(CC(C)N2CCC(c3ccncc3)CC2)n1. The maximum atomic E-state index is 4.59. The molecule has 2 aromatic heterocycles. The number of aromatic nitrogens is 3. The van der Waals surface area contributed by atoms with Crippen molar-refractivity contribution in [3.8, 4) is 0 Å². The fraction of sp³-hybridized carbons (Fsp3) is 0.556. The van der Waals surface area contributed by atoms with Crippen molar-refractivity contribution in [2.24, 2.45) is 0 Å². The Morgan fingerprint density at radius 2 is 1.86 bits per heavy atom. The summed E-state index contributed by atoms with van der Waals surface area (Å²) in [6.45, 7) is 9.86. The molecule has 1 aliphatic heterocycles. The van der Waals surface area contributed by atoms with Crippen LogP contribution < -0.4 is 0 Å². The molecule has 0 spiro atoms. The van der Waals surface area contributed by atoms with E-state index >= 15 is 0 Å². The highest BCUT2D eigenvalue weighted by molar-refractivity contribution is 5.16. The Morgan fingerprint density at radius 3 is 2.45 bits per heavy atom. The minimum atomic E-state index is 0.538. The van der Waals surface area contributed by atoms with Crippen LogP contribution >= 0.6 is 0 Å². The number of aryl methyl sites for hydroxylation is 2. The summed E-state index contributed by atoms with van der Waals surface area (Å²) in [5.74, 6) is 0.695. The molecular weight excluding hydrogens is 272 g/mol. The first-order valence-electron chi connectivity index (χ1n) is 8.28. The van der Waals surface area contributed by atoms with Crippen LogP contribution in [0.2, 0.25) is 0 Å². The monoisotopic (exact) mass is 298 g/mol. The van der Waals surface area contributed by atoms with E-state index in [-0.39, 0.29) is 0 Å². The van der Waals surface area contributed by atoms with Gasteiger partial charge in [-0.3, -0.25) is 14.6 Å². The average molecular weight is 298 g/mol. The molecule has 1 atom stereocenters. The lowest BCUT2D eigenvalue weighted by Gasteiger charge is -2.36. The summed E-state index contributed by atoms with van der Waals surface area (Å²) in [5, 5.41) is 4.59. The van der Waals surface area contributed by atoms with Gasteiger partial charge in [-0.25, -0.2) is 0 Å². The third-order valence-electron chi connectivity index (χ3n) is 4.87. The summed E-state index contributed by atoms with van der Waals surface area (Å²) in [6.07, 6.45) is 6.30. The van der Waals surface area contributed by atoms with Gasteiger partial charge in [-0.05, 0) is 76.4 Å². The number of likely N-dealkylation sites (tertiary alicyclic amines) is 1. The van der Waals surface area contributed by atoms with Crippen molar-refractivity contribution in [1.82, 2.24) is 19.7 Å². The molecule has 4 heteroatoms. The van der Waals surface area contributed by atoms with Crippen molar-refractivity contribution in [3.63, 3.8) is 0 Å². The summed E-state index contributed by atoms with van der Waals surface area (Å²) in [5.41, 5.74) is 3.82. The van der Waals surface area contributed by atoms with Gasteiger partial charge >= 0.3 is 0 Å². The van der Waals surface area contributed by atoms with Crippen molar-refractivity contribution < 1.29 is 0 Å². The number of hydrogen-bond donors (Lipinski definition) is 0. The maximum Gasteiger partial charge on any atom is 0.0596 e. The zero-order chi connectivity index (χ0) is 15.5. The fourth-order valence-corrected chi connectivity index (χ4v) is 3.53. The van der Waals surface area contributed by atoms with E-state index in [1.807, 2.05) is 12.4 Å². The first kappa shape index (κ1) is 15.2. The van der Waals surface area contributed by atoms with Crippen molar-refractivity contribution in [2.75, 3.05) is 13.1 Å². The summed E-state index contributed by atoms with van der Waals surface area (Å²) in [7, 11) is 0. The molecule has 3 heterocycles. The molecule has 22 heavy (non-hydrogen) atoms. The molecule has 1 aliphatic rings. The second kappa shape index (κ2) is 6.61. The van der Waals surface area contributed by atoms with Crippen molar-refractivity contribution in [1.29, 1.82) is 0 Å². The number of rotatable bonds is 4. The van der Waals surface area contributed by atoms with Crippen molar-refractivity contribution >= 4 is 0 Å². The second-order valence-corrected chi connectivity index (χ2v) is 6.55. The predicted octanol–water partition coefficient (Wildman–Crippen LogP) is 3.16. The number of pyridine rings is 1. The lowest BCUT2D eigenvalue weighted by Crippen LogP contribution is -2.41. The highest BCUT2D eigenvalue weighted by atomic mass is 15.3. The topological polar surface area (TPSA) is 34.0 Å². The van der Waals surface area contributed by atoms with E-state index in [1.54, 1.807) is 0 Å². The van der Waals surface area contributed by atoms with Crippen molar-refractivity contribution in [2.45, 2.75) is 52.1 Å². The highest BCUT2D eigenvalue weighted by Gasteiger charge is 2.24. The van der Waals surface area contributed by atoms with Crippen LogP contribution in [0.1, 0.15) is 42.6 Å². The lowest BCUT2D eigenvalue weighted by atomic mass is 9.89. The van der Waals surface area contributed by atoms with Crippen molar-refractivity contribution in [3.05, 3.63) is 47.5 Å². The van der Waals surface area contributed by atoms with E-state index < -0.39 is 0 Å². The van der Waals surface area contributed by atoms with Gasteiger partial charge in [-0.15, -0.1) is 0 Å². The van der Waals surface area contributed by atoms with Gasteiger partial charge in [0.25, 0.3) is 0 Å². The summed E-state index contributed by atoms with van der Waals surface area (Å²) >= 11 is 0.